The van der Waals surface area contributed by atoms with Gasteiger partial charge in [-0.25, -0.2) is 0 Å². The van der Waals surface area contributed by atoms with E-state index in [0.29, 0.717) is 12.1 Å². The summed E-state index contributed by atoms with van der Waals surface area (Å²) in [5, 5.41) is 2.21. The topological polar surface area (TPSA) is 0 Å². The first-order chi connectivity index (χ1) is 7.66. The van der Waals surface area contributed by atoms with Crippen LogP contribution in [0.25, 0.3) is 20.2 Å². The minimum absolute atomic E-state index is 0.415. The summed E-state index contributed by atoms with van der Waals surface area (Å²) in [5.74, 6) is 0. The van der Waals surface area contributed by atoms with Gasteiger partial charge in [0, 0.05) is 20.2 Å². The van der Waals surface area contributed by atoms with E-state index < -0.39 is 0 Å². The van der Waals surface area contributed by atoms with Crippen molar-refractivity contribution in [2.75, 3.05) is 0 Å². The molecule has 0 nitrogen and oxygen atoms in total. The average Bonchev–Trinajstić information content (AvgIpc) is 2.59. The van der Waals surface area contributed by atoms with E-state index in [-0.39, 0.29) is 0 Å². The summed E-state index contributed by atoms with van der Waals surface area (Å²) < 4.78 is 17.8. The molecular formula is C13H10S. The number of fused-ring (bicyclic) bond motifs is 3. The Morgan fingerprint density at radius 1 is 1.14 bits per heavy atom. The zero-order chi connectivity index (χ0) is 11.3. The fourth-order valence-electron chi connectivity index (χ4n) is 1.76. The van der Waals surface area contributed by atoms with Crippen molar-refractivity contribution in [3.05, 3.63) is 48.0 Å². The van der Waals surface area contributed by atoms with E-state index in [1.165, 1.54) is 15.6 Å². The molecule has 0 spiro atoms. The monoisotopic (exact) mass is 200 g/mol. The van der Waals surface area contributed by atoms with Crippen molar-refractivity contribution >= 4 is 31.5 Å². The molecule has 0 N–H and O–H groups in total. The molecule has 0 saturated carbocycles. The second-order valence-electron chi connectivity index (χ2n) is 3.40. The van der Waals surface area contributed by atoms with Crippen LogP contribution < -0.4 is 0 Å². The molecule has 68 valence electrons. The van der Waals surface area contributed by atoms with Crippen molar-refractivity contribution < 1.29 is 2.74 Å². The molecule has 0 atom stereocenters. The molecule has 0 fully saturated rings. The highest BCUT2D eigenvalue weighted by Crippen LogP contribution is 2.35. The first-order valence-electron chi connectivity index (χ1n) is 5.56. The Balaban J connectivity index is 2.61. The molecule has 1 heteroatoms. The summed E-state index contributed by atoms with van der Waals surface area (Å²) in [6, 6.07) is 10.5. The Hall–Kier alpha value is -1.34. The first kappa shape index (κ1) is 6.20. The Bertz CT molecular complexity index is 698. The van der Waals surface area contributed by atoms with Crippen molar-refractivity contribution in [3.8, 4) is 0 Å². The van der Waals surface area contributed by atoms with Gasteiger partial charge in [-0.1, -0.05) is 36.4 Å². The summed E-state index contributed by atoms with van der Waals surface area (Å²) in [4.78, 5) is 0. The third-order valence-electron chi connectivity index (χ3n) is 2.47. The van der Waals surface area contributed by atoms with Crippen LogP contribution in [0.5, 0.6) is 0 Å². The SMILES string of the molecule is [2H]c1cc([2H])c2sc3c(C)cccc3c2c1. The van der Waals surface area contributed by atoms with Crippen molar-refractivity contribution in [2.24, 2.45) is 0 Å². The molecule has 0 aliphatic rings. The van der Waals surface area contributed by atoms with Crippen molar-refractivity contribution in [1.29, 1.82) is 0 Å². The Morgan fingerprint density at radius 2 is 2.07 bits per heavy atom. The van der Waals surface area contributed by atoms with E-state index >= 15 is 0 Å². The van der Waals surface area contributed by atoms with E-state index in [2.05, 4.69) is 19.1 Å². The first-order valence-corrected chi connectivity index (χ1v) is 5.37. The highest BCUT2D eigenvalue weighted by molar-refractivity contribution is 7.26. The molecule has 0 saturated heterocycles. The summed E-state index contributed by atoms with van der Waals surface area (Å²) >= 11 is 1.65. The number of hydrogen-bond acceptors (Lipinski definition) is 1. The minimum atomic E-state index is 0.415. The number of rotatable bonds is 0. The van der Waals surface area contributed by atoms with Crippen molar-refractivity contribution in [3.63, 3.8) is 0 Å². The van der Waals surface area contributed by atoms with Crippen LogP contribution >= 0.6 is 11.3 Å². The van der Waals surface area contributed by atoms with Crippen molar-refractivity contribution in [2.45, 2.75) is 6.92 Å². The van der Waals surface area contributed by atoms with Crippen LogP contribution in [0.4, 0.5) is 0 Å². The van der Waals surface area contributed by atoms with Crippen LogP contribution in [0.15, 0.2) is 42.4 Å². The minimum Gasteiger partial charge on any atom is -0.135 e. The van der Waals surface area contributed by atoms with Gasteiger partial charge in [0.05, 0.1) is 2.74 Å². The van der Waals surface area contributed by atoms with Gasteiger partial charge in [-0.05, 0) is 18.5 Å². The number of benzene rings is 2. The number of aryl methyl sites for hydroxylation is 1. The van der Waals surface area contributed by atoms with Crippen LogP contribution in [-0.4, -0.2) is 0 Å². The largest absolute Gasteiger partial charge is 0.135 e. The molecule has 3 aromatic rings. The van der Waals surface area contributed by atoms with Crippen LogP contribution in [0.1, 0.15) is 8.30 Å². The van der Waals surface area contributed by atoms with Crippen LogP contribution in [0, 0.1) is 6.92 Å². The third-order valence-corrected chi connectivity index (χ3v) is 3.75. The molecule has 0 amide bonds. The highest BCUT2D eigenvalue weighted by Gasteiger charge is 2.04. The average molecular weight is 200 g/mol. The van der Waals surface area contributed by atoms with E-state index in [0.717, 1.165) is 10.1 Å². The molecule has 1 heterocycles. The fraction of sp³-hybridized carbons (Fsp3) is 0.0769. The lowest BCUT2D eigenvalue weighted by atomic mass is 10.1. The van der Waals surface area contributed by atoms with Crippen LogP contribution in [0.2, 0.25) is 0 Å². The van der Waals surface area contributed by atoms with Crippen molar-refractivity contribution in [1.82, 2.24) is 0 Å². The lowest BCUT2D eigenvalue weighted by molar-refractivity contribution is 1.56. The number of hydrogen-bond donors (Lipinski definition) is 0. The maximum absolute atomic E-state index is 7.90. The van der Waals surface area contributed by atoms with E-state index in [9.17, 15) is 0 Å². The Morgan fingerprint density at radius 3 is 3.00 bits per heavy atom. The molecule has 0 unspecified atom stereocenters. The molecular weight excluding hydrogens is 188 g/mol. The highest BCUT2D eigenvalue weighted by atomic mass is 32.1. The van der Waals surface area contributed by atoms with Gasteiger partial charge in [0.1, 0.15) is 0 Å². The van der Waals surface area contributed by atoms with Gasteiger partial charge in [-0.3, -0.25) is 0 Å². The summed E-state index contributed by atoms with van der Waals surface area (Å²) in [6.45, 7) is 2.09. The molecule has 1 aromatic heterocycles. The molecule has 0 aliphatic carbocycles. The maximum atomic E-state index is 7.90. The lowest BCUT2D eigenvalue weighted by Gasteiger charge is -1.93. The molecule has 0 aliphatic heterocycles. The Kier molecular flexibility index (Phi) is 1.25. The smallest absolute Gasteiger partial charge is 0.0638 e. The maximum Gasteiger partial charge on any atom is 0.0638 e. The Labute approximate surface area is 89.6 Å². The molecule has 2 aromatic carbocycles. The van der Waals surface area contributed by atoms with E-state index in [1.807, 2.05) is 12.1 Å². The summed E-state index contributed by atoms with van der Waals surface area (Å²) in [5.41, 5.74) is 1.24. The van der Waals surface area contributed by atoms with Crippen LogP contribution in [-0.2, 0) is 0 Å². The zero-order valence-corrected chi connectivity index (χ0v) is 8.61. The van der Waals surface area contributed by atoms with Gasteiger partial charge < -0.3 is 0 Å². The van der Waals surface area contributed by atoms with E-state index in [4.69, 9.17) is 2.74 Å². The standard InChI is InChI=1S/C13H10S/c1-9-5-4-7-11-10-6-2-3-8-12(10)14-13(9)11/h2-8H,1H3/i2D,8D. The predicted octanol–water partition coefficient (Wildman–Crippen LogP) is 4.36. The van der Waals surface area contributed by atoms with Gasteiger partial charge in [-0.2, -0.15) is 0 Å². The quantitative estimate of drug-likeness (QED) is 0.505. The second kappa shape index (κ2) is 2.82. The van der Waals surface area contributed by atoms with Gasteiger partial charge >= 0.3 is 0 Å². The normalized spacial score (nSPS) is 13.2. The van der Waals surface area contributed by atoms with E-state index in [1.54, 1.807) is 17.4 Å². The lowest BCUT2D eigenvalue weighted by Crippen LogP contribution is -1.69. The third kappa shape index (κ3) is 0.992. The molecule has 3 rings (SSSR count). The van der Waals surface area contributed by atoms with Gasteiger partial charge in [0.25, 0.3) is 0 Å². The summed E-state index contributed by atoms with van der Waals surface area (Å²) in [6.07, 6.45) is 0. The molecule has 14 heavy (non-hydrogen) atoms. The number of thiophene rings is 1. The van der Waals surface area contributed by atoms with Crippen LogP contribution in [0.3, 0.4) is 0 Å². The van der Waals surface area contributed by atoms with Gasteiger partial charge in [0.2, 0.25) is 0 Å². The predicted molar refractivity (Wildman–Crippen MR) is 64.1 cm³/mol. The second-order valence-corrected chi connectivity index (χ2v) is 4.42. The fourth-order valence-corrected chi connectivity index (χ4v) is 2.88. The van der Waals surface area contributed by atoms with Gasteiger partial charge in [0.15, 0.2) is 0 Å². The molecule has 0 radical (unpaired) electrons. The van der Waals surface area contributed by atoms with Gasteiger partial charge in [-0.15, -0.1) is 11.3 Å². The molecule has 0 bridgehead atoms. The summed E-state index contributed by atoms with van der Waals surface area (Å²) in [7, 11) is 0. The zero-order valence-electron chi connectivity index (χ0n) is 9.79.